The Morgan fingerprint density at radius 1 is 0.800 bits per heavy atom. The summed E-state index contributed by atoms with van der Waals surface area (Å²) in [6.07, 6.45) is -5.83. The van der Waals surface area contributed by atoms with Crippen LogP contribution in [0, 0.1) is 0 Å². The molecule has 1 heterocycles. The first-order valence-corrected chi connectivity index (χ1v) is 6.16. The summed E-state index contributed by atoms with van der Waals surface area (Å²) in [6.45, 7) is 0. The Morgan fingerprint density at radius 3 is 1.80 bits per heavy atom. The SMILES string of the molecule is FC(F)(F)C(F)(F)c1nc2c(Cl)c(Cl)c(Cl)c(Cl)c2[nH]1. The summed E-state index contributed by atoms with van der Waals surface area (Å²) >= 11 is 22.7. The fraction of sp³-hybridized carbons (Fsp3) is 0.222. The third kappa shape index (κ3) is 2.20. The number of nitrogens with one attached hydrogen (secondary N) is 1. The predicted octanol–water partition coefficient (Wildman–Crippen LogP) is 5.83. The van der Waals surface area contributed by atoms with Crippen molar-refractivity contribution in [3.63, 3.8) is 0 Å². The van der Waals surface area contributed by atoms with Gasteiger partial charge in [0.05, 0.1) is 25.6 Å². The number of alkyl halides is 5. The van der Waals surface area contributed by atoms with E-state index in [4.69, 9.17) is 46.4 Å². The zero-order chi connectivity index (χ0) is 15.5. The molecule has 0 fully saturated rings. The van der Waals surface area contributed by atoms with Gasteiger partial charge in [0.1, 0.15) is 5.52 Å². The molecule has 1 N–H and O–H groups in total. The zero-order valence-electron chi connectivity index (χ0n) is 8.85. The number of rotatable bonds is 1. The van der Waals surface area contributed by atoms with E-state index in [9.17, 15) is 22.0 Å². The van der Waals surface area contributed by atoms with Crippen LogP contribution in [-0.2, 0) is 5.92 Å². The lowest BCUT2D eigenvalue weighted by Crippen LogP contribution is -2.34. The van der Waals surface area contributed by atoms with Crippen LogP contribution >= 0.6 is 46.4 Å². The van der Waals surface area contributed by atoms with Gasteiger partial charge >= 0.3 is 12.1 Å². The van der Waals surface area contributed by atoms with Gasteiger partial charge in [0.2, 0.25) is 0 Å². The summed E-state index contributed by atoms with van der Waals surface area (Å²) in [6, 6.07) is 0. The minimum Gasteiger partial charge on any atom is -0.335 e. The summed E-state index contributed by atoms with van der Waals surface area (Å²) in [5.41, 5.74) is -0.782. The highest BCUT2D eigenvalue weighted by Crippen LogP contribution is 2.46. The van der Waals surface area contributed by atoms with Crippen molar-refractivity contribution >= 4 is 57.4 Å². The number of fused-ring (bicyclic) bond motifs is 1. The van der Waals surface area contributed by atoms with Gasteiger partial charge < -0.3 is 4.98 Å². The van der Waals surface area contributed by atoms with Crippen LogP contribution in [0.3, 0.4) is 0 Å². The molecule has 1 aromatic carbocycles. The maximum atomic E-state index is 13.2. The third-order valence-corrected chi connectivity index (χ3v) is 4.15. The van der Waals surface area contributed by atoms with Crippen LogP contribution in [0.2, 0.25) is 20.1 Å². The van der Waals surface area contributed by atoms with Crippen LogP contribution in [-0.4, -0.2) is 16.1 Å². The number of hydrogen-bond acceptors (Lipinski definition) is 1. The lowest BCUT2D eigenvalue weighted by Gasteiger charge is -2.16. The van der Waals surface area contributed by atoms with Crippen molar-refractivity contribution in [2.24, 2.45) is 0 Å². The van der Waals surface area contributed by atoms with Crippen LogP contribution < -0.4 is 0 Å². The number of halogens is 9. The van der Waals surface area contributed by atoms with Gasteiger partial charge in [0.25, 0.3) is 0 Å². The second-order valence-corrected chi connectivity index (χ2v) is 5.15. The van der Waals surface area contributed by atoms with Gasteiger partial charge in [-0.25, -0.2) is 4.98 Å². The van der Waals surface area contributed by atoms with E-state index >= 15 is 0 Å². The second kappa shape index (κ2) is 4.76. The van der Waals surface area contributed by atoms with E-state index in [-0.39, 0.29) is 25.6 Å². The molecule has 0 radical (unpaired) electrons. The maximum absolute atomic E-state index is 13.2. The van der Waals surface area contributed by atoms with Gasteiger partial charge in [-0.15, -0.1) is 0 Å². The van der Waals surface area contributed by atoms with E-state index in [1.165, 1.54) is 0 Å². The first kappa shape index (κ1) is 15.9. The lowest BCUT2D eigenvalue weighted by molar-refractivity contribution is -0.292. The molecule has 2 aromatic rings. The topological polar surface area (TPSA) is 28.7 Å². The molecular formula is C9HCl4F5N2. The minimum absolute atomic E-state index is 0.281. The Morgan fingerprint density at radius 2 is 1.30 bits per heavy atom. The van der Waals surface area contributed by atoms with E-state index in [0.717, 1.165) is 0 Å². The summed E-state index contributed by atoms with van der Waals surface area (Å²) in [7, 11) is 0. The molecule has 0 spiro atoms. The molecule has 2 nitrogen and oxygen atoms in total. The molecule has 0 amide bonds. The van der Waals surface area contributed by atoms with Gasteiger partial charge in [-0.2, -0.15) is 22.0 Å². The number of aromatic nitrogens is 2. The Labute approximate surface area is 127 Å². The molecule has 0 bridgehead atoms. The normalized spacial score (nSPS) is 13.2. The smallest absolute Gasteiger partial charge is 0.335 e. The third-order valence-electron chi connectivity index (χ3n) is 2.36. The quantitative estimate of drug-likeness (QED) is 0.380. The van der Waals surface area contributed by atoms with Crippen LogP contribution in [0.25, 0.3) is 11.0 Å². The maximum Gasteiger partial charge on any atom is 0.461 e. The van der Waals surface area contributed by atoms with E-state index < -0.39 is 23.4 Å². The molecular weight excluding hydrogens is 373 g/mol. The molecule has 20 heavy (non-hydrogen) atoms. The number of benzene rings is 1. The number of aromatic amines is 1. The monoisotopic (exact) mass is 372 g/mol. The Balaban J connectivity index is 2.79. The Kier molecular flexibility index (Phi) is 3.78. The molecule has 11 heteroatoms. The molecule has 0 aliphatic rings. The van der Waals surface area contributed by atoms with Gasteiger partial charge in [0, 0.05) is 0 Å². The molecule has 0 saturated heterocycles. The predicted molar refractivity (Wildman–Crippen MR) is 66.1 cm³/mol. The number of nitrogens with zero attached hydrogens (tertiary/aromatic N) is 1. The minimum atomic E-state index is -5.83. The largest absolute Gasteiger partial charge is 0.461 e. The van der Waals surface area contributed by atoms with Crippen molar-refractivity contribution in [1.29, 1.82) is 0 Å². The Bertz CT molecular complexity index is 649. The summed E-state index contributed by atoms with van der Waals surface area (Å²) < 4.78 is 63.2. The van der Waals surface area contributed by atoms with Crippen molar-refractivity contribution in [2.75, 3.05) is 0 Å². The zero-order valence-corrected chi connectivity index (χ0v) is 11.9. The molecule has 110 valence electrons. The van der Waals surface area contributed by atoms with Crippen molar-refractivity contribution in [3.8, 4) is 0 Å². The number of H-pyrrole nitrogens is 1. The second-order valence-electron chi connectivity index (χ2n) is 3.64. The highest BCUT2D eigenvalue weighted by atomic mass is 35.5. The first-order chi connectivity index (χ1) is 8.98. The molecule has 0 saturated carbocycles. The van der Waals surface area contributed by atoms with E-state index in [0.29, 0.717) is 0 Å². The highest BCUT2D eigenvalue weighted by molar-refractivity contribution is 6.54. The number of hydrogen-bond donors (Lipinski definition) is 1. The molecule has 2 rings (SSSR count). The van der Waals surface area contributed by atoms with Crippen LogP contribution in [0.5, 0.6) is 0 Å². The van der Waals surface area contributed by atoms with E-state index in [1.54, 1.807) is 4.98 Å². The summed E-state index contributed by atoms with van der Waals surface area (Å²) in [5, 5.41) is -1.31. The van der Waals surface area contributed by atoms with Crippen LogP contribution in [0.4, 0.5) is 22.0 Å². The summed E-state index contributed by atoms with van der Waals surface area (Å²) in [5.74, 6) is -6.85. The number of imidazole rings is 1. The molecule has 1 aromatic heterocycles. The van der Waals surface area contributed by atoms with E-state index in [1.807, 2.05) is 0 Å². The van der Waals surface area contributed by atoms with Gasteiger partial charge in [-0.3, -0.25) is 0 Å². The molecule has 0 unspecified atom stereocenters. The Hall–Kier alpha value is -0.500. The fourth-order valence-electron chi connectivity index (χ4n) is 1.38. The molecule has 0 aliphatic carbocycles. The average Bonchev–Trinajstić information content (AvgIpc) is 2.78. The van der Waals surface area contributed by atoms with Gasteiger partial charge in [-0.1, -0.05) is 46.4 Å². The van der Waals surface area contributed by atoms with Crippen LogP contribution in [0.1, 0.15) is 5.82 Å². The van der Waals surface area contributed by atoms with Gasteiger partial charge in [0.15, 0.2) is 5.82 Å². The molecule has 0 aliphatic heterocycles. The van der Waals surface area contributed by atoms with E-state index in [2.05, 4.69) is 4.98 Å². The van der Waals surface area contributed by atoms with Crippen molar-refractivity contribution in [2.45, 2.75) is 12.1 Å². The summed E-state index contributed by atoms with van der Waals surface area (Å²) in [4.78, 5) is 4.91. The lowest BCUT2D eigenvalue weighted by atomic mass is 10.3. The average molecular weight is 374 g/mol. The fourth-order valence-corrected chi connectivity index (χ4v) is 2.31. The highest BCUT2D eigenvalue weighted by Gasteiger charge is 2.61. The van der Waals surface area contributed by atoms with Gasteiger partial charge in [-0.05, 0) is 0 Å². The van der Waals surface area contributed by atoms with Crippen molar-refractivity contribution in [3.05, 3.63) is 25.9 Å². The van der Waals surface area contributed by atoms with Crippen molar-refractivity contribution < 1.29 is 22.0 Å². The first-order valence-electron chi connectivity index (χ1n) is 4.65. The van der Waals surface area contributed by atoms with Crippen molar-refractivity contribution in [1.82, 2.24) is 9.97 Å². The molecule has 0 atom stereocenters. The van der Waals surface area contributed by atoms with Crippen LogP contribution in [0.15, 0.2) is 0 Å². The standard InChI is InChI=1S/C9HCl4F5N2/c10-1-2(11)4(13)6-5(3(1)12)19-7(20-6)8(14,15)9(16,17)18/h(H,19,20).